The highest BCUT2D eigenvalue weighted by Crippen LogP contribution is 2.28. The Morgan fingerprint density at radius 3 is 2.80 bits per heavy atom. The first-order valence-corrected chi connectivity index (χ1v) is 6.97. The van der Waals surface area contributed by atoms with Crippen LogP contribution in [0.25, 0.3) is 22.4 Å². The van der Waals surface area contributed by atoms with Crippen molar-refractivity contribution < 1.29 is 4.21 Å². The van der Waals surface area contributed by atoms with E-state index in [1.165, 1.54) is 5.37 Å². The molecular weight excluding hydrogens is 270 g/mol. The average Bonchev–Trinajstić information content (AvgIpc) is 2.88. The molecule has 5 heteroatoms. The van der Waals surface area contributed by atoms with E-state index in [1.807, 2.05) is 43.3 Å². The summed E-state index contributed by atoms with van der Waals surface area (Å²) in [6, 6.07) is 11.7. The van der Waals surface area contributed by atoms with Crippen molar-refractivity contribution in [1.29, 1.82) is 0 Å². The molecule has 20 heavy (non-hydrogen) atoms. The van der Waals surface area contributed by atoms with Gasteiger partial charge in [-0.15, -0.1) is 0 Å². The van der Waals surface area contributed by atoms with Crippen LogP contribution in [0.2, 0.25) is 0 Å². The molecule has 3 aromatic rings. The van der Waals surface area contributed by atoms with Crippen LogP contribution in [0, 0.1) is 6.92 Å². The molecule has 0 fully saturated rings. The topological polar surface area (TPSA) is 71.8 Å². The lowest BCUT2D eigenvalue weighted by Crippen LogP contribution is -2.00. The predicted octanol–water partition coefficient (Wildman–Crippen LogP) is 2.48. The number of aromatic nitrogens is 2. The molecule has 100 valence electrons. The van der Waals surface area contributed by atoms with Crippen LogP contribution in [0.1, 0.15) is 11.1 Å². The third-order valence-corrected chi connectivity index (χ3v) is 3.65. The molecule has 0 aliphatic heterocycles. The van der Waals surface area contributed by atoms with Gasteiger partial charge in [0.15, 0.2) is 0 Å². The maximum Gasteiger partial charge on any atom is 0.139 e. The summed E-state index contributed by atoms with van der Waals surface area (Å²) >= 11 is 0.397. The first-order valence-electron chi connectivity index (χ1n) is 6.16. The van der Waals surface area contributed by atoms with Gasteiger partial charge in [0.1, 0.15) is 5.82 Å². The quantitative estimate of drug-likeness (QED) is 0.560. The average molecular weight is 283 g/mol. The van der Waals surface area contributed by atoms with Gasteiger partial charge in [-0.3, -0.25) is 0 Å². The Balaban J connectivity index is 2.28. The normalized spacial score (nSPS) is 10.7. The second kappa shape index (κ2) is 4.94. The Morgan fingerprint density at radius 2 is 2.05 bits per heavy atom. The number of imidazole rings is 1. The molecule has 0 bridgehead atoms. The van der Waals surface area contributed by atoms with Gasteiger partial charge in [0.05, 0.1) is 22.3 Å². The number of aromatic amines is 1. The second-order valence-electron chi connectivity index (χ2n) is 4.57. The largest absolute Gasteiger partial charge is 0.398 e. The molecule has 4 nitrogen and oxygen atoms in total. The molecule has 0 saturated carbocycles. The Kier molecular flexibility index (Phi) is 3.12. The van der Waals surface area contributed by atoms with E-state index in [2.05, 4.69) is 9.97 Å². The number of nitrogens with zero attached hydrogens (tertiary/aromatic N) is 1. The number of rotatable bonds is 2. The van der Waals surface area contributed by atoms with E-state index in [1.54, 1.807) is 0 Å². The Hall–Kier alpha value is -2.40. The zero-order valence-corrected chi connectivity index (χ0v) is 11.7. The van der Waals surface area contributed by atoms with Crippen LogP contribution in [0.5, 0.6) is 0 Å². The van der Waals surface area contributed by atoms with Crippen molar-refractivity contribution in [1.82, 2.24) is 9.97 Å². The third kappa shape index (κ3) is 2.02. The van der Waals surface area contributed by atoms with Crippen LogP contribution in [-0.2, 0) is 11.3 Å². The third-order valence-electron chi connectivity index (χ3n) is 3.32. The number of hydrogen-bond donors (Lipinski definition) is 2. The highest BCUT2D eigenvalue weighted by molar-refractivity contribution is 7.65. The lowest BCUT2D eigenvalue weighted by molar-refractivity contribution is 0.701. The molecule has 0 radical (unpaired) electrons. The number of nitrogens with two attached hydrogens (primary N) is 1. The second-order valence-corrected chi connectivity index (χ2v) is 5.00. The molecule has 0 aliphatic carbocycles. The fourth-order valence-corrected chi connectivity index (χ4v) is 2.56. The summed E-state index contributed by atoms with van der Waals surface area (Å²) in [6.07, 6.45) is 0. The van der Waals surface area contributed by atoms with Crippen molar-refractivity contribution in [2.45, 2.75) is 6.92 Å². The fraction of sp³-hybridized carbons (Fsp3) is 0.0667. The van der Waals surface area contributed by atoms with E-state index in [4.69, 9.17) is 5.73 Å². The molecule has 2 aromatic carbocycles. The van der Waals surface area contributed by atoms with Crippen molar-refractivity contribution in [3.63, 3.8) is 0 Å². The summed E-state index contributed by atoms with van der Waals surface area (Å²) in [5.41, 5.74) is 11.1. The van der Waals surface area contributed by atoms with E-state index in [0.717, 1.165) is 33.5 Å². The molecule has 1 aromatic heterocycles. The van der Waals surface area contributed by atoms with Crippen LogP contribution in [0.3, 0.4) is 0 Å². The van der Waals surface area contributed by atoms with Gasteiger partial charge < -0.3 is 10.7 Å². The lowest BCUT2D eigenvalue weighted by Gasteiger charge is -2.08. The van der Waals surface area contributed by atoms with Gasteiger partial charge in [0.2, 0.25) is 0 Å². The fourth-order valence-electron chi connectivity index (χ4n) is 2.21. The van der Waals surface area contributed by atoms with Crippen LogP contribution in [0.4, 0.5) is 5.69 Å². The van der Waals surface area contributed by atoms with Crippen molar-refractivity contribution >= 4 is 33.3 Å². The minimum absolute atomic E-state index is 0.397. The van der Waals surface area contributed by atoms with Crippen molar-refractivity contribution in [2.24, 2.45) is 0 Å². The number of para-hydroxylation sites is 2. The Morgan fingerprint density at radius 1 is 1.25 bits per heavy atom. The summed E-state index contributed by atoms with van der Waals surface area (Å²) in [5.74, 6) is 0.721. The summed E-state index contributed by atoms with van der Waals surface area (Å²) in [7, 11) is 0. The van der Waals surface area contributed by atoms with E-state index >= 15 is 0 Å². The van der Waals surface area contributed by atoms with Gasteiger partial charge in [0.25, 0.3) is 0 Å². The maximum absolute atomic E-state index is 10.9. The molecule has 0 spiro atoms. The minimum atomic E-state index is 0.397. The number of nitrogens with one attached hydrogen (secondary N) is 1. The molecule has 0 unspecified atom stereocenters. The minimum Gasteiger partial charge on any atom is -0.398 e. The van der Waals surface area contributed by atoms with Crippen LogP contribution in [-0.4, -0.2) is 19.5 Å². The maximum atomic E-state index is 10.9. The van der Waals surface area contributed by atoms with Crippen LogP contribution < -0.4 is 5.73 Å². The summed E-state index contributed by atoms with van der Waals surface area (Å²) in [5, 5.41) is 1.52. The molecule has 1 heterocycles. The van der Waals surface area contributed by atoms with E-state index in [-0.39, 0.29) is 0 Å². The molecule has 3 N–H and O–H groups in total. The van der Waals surface area contributed by atoms with Gasteiger partial charge >= 0.3 is 0 Å². The number of hydrogen-bond acceptors (Lipinski definition) is 3. The predicted molar refractivity (Wildman–Crippen MR) is 84.0 cm³/mol. The zero-order valence-electron chi connectivity index (χ0n) is 10.9. The highest BCUT2D eigenvalue weighted by atomic mass is 32.1. The summed E-state index contributed by atoms with van der Waals surface area (Å²) in [4.78, 5) is 7.81. The first-order chi connectivity index (χ1) is 9.70. The molecule has 0 amide bonds. The van der Waals surface area contributed by atoms with E-state index < -0.39 is 0 Å². The lowest BCUT2D eigenvalue weighted by atomic mass is 10.0. The van der Waals surface area contributed by atoms with Gasteiger partial charge in [0, 0.05) is 22.2 Å². The Labute approximate surface area is 119 Å². The number of nitrogen functional groups attached to an aromatic ring is 1. The van der Waals surface area contributed by atoms with Crippen LogP contribution in [0.15, 0.2) is 36.4 Å². The zero-order chi connectivity index (χ0) is 14.1. The van der Waals surface area contributed by atoms with E-state index in [0.29, 0.717) is 16.9 Å². The van der Waals surface area contributed by atoms with Gasteiger partial charge in [-0.2, -0.15) is 0 Å². The highest BCUT2D eigenvalue weighted by Gasteiger charge is 2.12. The standard InChI is InChI=1S/C15H13N3OS/c1-9-6-7-10(11(8-20-19)14(9)16)15-17-12-4-2-3-5-13(12)18-15/h2-8H,16H2,1H3,(H,17,18). The van der Waals surface area contributed by atoms with Gasteiger partial charge in [-0.05, 0) is 24.6 Å². The summed E-state index contributed by atoms with van der Waals surface area (Å²) in [6.45, 7) is 1.92. The number of benzene rings is 2. The Bertz CT molecular complexity index is 814. The monoisotopic (exact) mass is 283 g/mol. The van der Waals surface area contributed by atoms with Crippen molar-refractivity contribution in [3.05, 3.63) is 47.5 Å². The number of H-pyrrole nitrogens is 1. The van der Waals surface area contributed by atoms with E-state index in [9.17, 15) is 4.21 Å². The molecule has 0 saturated heterocycles. The van der Waals surface area contributed by atoms with Crippen molar-refractivity contribution in [2.75, 3.05) is 5.73 Å². The number of anilines is 1. The van der Waals surface area contributed by atoms with Crippen LogP contribution >= 0.6 is 0 Å². The molecule has 0 atom stereocenters. The molecular formula is C15H13N3OS. The molecule has 3 rings (SSSR count). The first kappa shape index (κ1) is 12.6. The number of aryl methyl sites for hydroxylation is 1. The SMILES string of the molecule is Cc1ccc(-c2nc3ccccc3[nH]2)c(C=S=O)c1N. The van der Waals surface area contributed by atoms with Gasteiger partial charge in [-0.25, -0.2) is 9.19 Å². The number of fused-ring (bicyclic) bond motifs is 1. The van der Waals surface area contributed by atoms with Crippen molar-refractivity contribution in [3.8, 4) is 11.4 Å². The molecule has 0 aliphatic rings. The van der Waals surface area contributed by atoms with Gasteiger partial charge in [-0.1, -0.05) is 24.3 Å². The smallest absolute Gasteiger partial charge is 0.139 e. The summed E-state index contributed by atoms with van der Waals surface area (Å²) < 4.78 is 10.9.